The van der Waals surface area contributed by atoms with Crippen molar-refractivity contribution in [2.75, 3.05) is 0 Å². The van der Waals surface area contributed by atoms with Crippen molar-refractivity contribution in [3.8, 4) is 11.4 Å². The highest BCUT2D eigenvalue weighted by Gasteiger charge is 2.14. The number of halogens is 1. The van der Waals surface area contributed by atoms with Crippen molar-refractivity contribution in [2.45, 2.75) is 20.4 Å². The van der Waals surface area contributed by atoms with E-state index in [-0.39, 0.29) is 0 Å². The number of nitrogens with zero attached hydrogens (tertiary/aromatic N) is 4. The average Bonchev–Trinajstić information content (AvgIpc) is 3.14. The Bertz CT molecular complexity index is 1010. The third-order valence-electron chi connectivity index (χ3n) is 4.16. The molecule has 3 aromatic heterocycles. The maximum absolute atomic E-state index is 5.94. The summed E-state index contributed by atoms with van der Waals surface area (Å²) in [4.78, 5) is 4.69. The zero-order valence-corrected chi connectivity index (χ0v) is 14.3. The van der Waals surface area contributed by atoms with Crippen molar-refractivity contribution in [1.82, 2.24) is 19.2 Å². The predicted molar refractivity (Wildman–Crippen MR) is 96.4 cm³/mol. The number of rotatable bonds is 3. The van der Waals surface area contributed by atoms with E-state index in [0.29, 0.717) is 6.54 Å². The van der Waals surface area contributed by atoms with Crippen LogP contribution in [0.5, 0.6) is 0 Å². The van der Waals surface area contributed by atoms with Gasteiger partial charge in [0.1, 0.15) is 11.3 Å². The highest BCUT2D eigenvalue weighted by atomic mass is 35.5. The van der Waals surface area contributed by atoms with E-state index in [2.05, 4.69) is 17.4 Å². The number of hydrogen-bond donors (Lipinski definition) is 0. The lowest BCUT2D eigenvalue weighted by Crippen LogP contribution is -2.00. The molecule has 3 heterocycles. The van der Waals surface area contributed by atoms with Crippen LogP contribution >= 0.6 is 11.6 Å². The molecule has 4 aromatic rings. The van der Waals surface area contributed by atoms with Gasteiger partial charge in [-0.05, 0) is 49.2 Å². The number of benzene rings is 1. The van der Waals surface area contributed by atoms with Gasteiger partial charge in [0.05, 0.1) is 17.9 Å². The summed E-state index contributed by atoms with van der Waals surface area (Å²) in [6.07, 6.45) is 4.04. The van der Waals surface area contributed by atoms with E-state index in [4.69, 9.17) is 21.7 Å². The molecular weight excluding hydrogens is 320 g/mol. The van der Waals surface area contributed by atoms with Crippen LogP contribution in [-0.4, -0.2) is 19.2 Å². The van der Waals surface area contributed by atoms with Gasteiger partial charge in [-0.3, -0.25) is 9.08 Å². The maximum atomic E-state index is 5.94. The molecule has 0 bridgehead atoms. The van der Waals surface area contributed by atoms with E-state index in [1.54, 1.807) is 0 Å². The average molecular weight is 337 g/mol. The molecule has 0 fully saturated rings. The first kappa shape index (κ1) is 15.0. The lowest BCUT2D eigenvalue weighted by atomic mass is 10.2. The zero-order chi connectivity index (χ0) is 16.7. The molecule has 0 atom stereocenters. The summed E-state index contributed by atoms with van der Waals surface area (Å²) in [5.74, 6) is 0. The van der Waals surface area contributed by atoms with Crippen LogP contribution in [-0.2, 0) is 6.54 Å². The zero-order valence-electron chi connectivity index (χ0n) is 13.6. The standard InChI is InChI=1S/C19H17ClN4/c1-13-4-3-10-24-18(14(2)21-19(13)24)17-9-11-23(22-17)12-15-5-7-16(20)8-6-15/h3-11H,12H2,1-2H3. The van der Waals surface area contributed by atoms with E-state index in [1.807, 2.05) is 60.4 Å². The van der Waals surface area contributed by atoms with Crippen molar-refractivity contribution < 1.29 is 0 Å². The van der Waals surface area contributed by atoms with E-state index in [0.717, 1.165) is 33.3 Å². The number of pyridine rings is 1. The summed E-state index contributed by atoms with van der Waals surface area (Å²) in [5, 5.41) is 5.48. The molecule has 0 aliphatic carbocycles. The van der Waals surface area contributed by atoms with Gasteiger partial charge >= 0.3 is 0 Å². The fraction of sp³-hybridized carbons (Fsp3) is 0.158. The molecule has 0 N–H and O–H groups in total. The van der Waals surface area contributed by atoms with E-state index >= 15 is 0 Å². The van der Waals surface area contributed by atoms with Gasteiger partial charge < -0.3 is 0 Å². The molecule has 0 amide bonds. The summed E-state index contributed by atoms with van der Waals surface area (Å²) >= 11 is 5.94. The van der Waals surface area contributed by atoms with Gasteiger partial charge in [-0.25, -0.2) is 4.98 Å². The second kappa shape index (κ2) is 5.80. The lowest BCUT2D eigenvalue weighted by molar-refractivity contribution is 0.688. The second-order valence-electron chi connectivity index (χ2n) is 5.96. The molecule has 0 unspecified atom stereocenters. The van der Waals surface area contributed by atoms with Crippen molar-refractivity contribution in [3.63, 3.8) is 0 Å². The summed E-state index contributed by atoms with van der Waals surface area (Å²) in [7, 11) is 0. The minimum Gasteiger partial charge on any atom is -0.298 e. The minimum atomic E-state index is 0.714. The first-order valence-electron chi connectivity index (χ1n) is 7.84. The lowest BCUT2D eigenvalue weighted by Gasteiger charge is -2.03. The highest BCUT2D eigenvalue weighted by Crippen LogP contribution is 2.24. The first-order chi connectivity index (χ1) is 11.6. The van der Waals surface area contributed by atoms with Gasteiger partial charge in [-0.1, -0.05) is 29.8 Å². The predicted octanol–water partition coefficient (Wildman–Crippen LogP) is 4.52. The van der Waals surface area contributed by atoms with Crippen LogP contribution in [0.4, 0.5) is 0 Å². The molecule has 0 aliphatic rings. The van der Waals surface area contributed by atoms with Crippen LogP contribution in [0, 0.1) is 13.8 Å². The Morgan fingerprint density at radius 3 is 2.58 bits per heavy atom. The van der Waals surface area contributed by atoms with Gasteiger partial charge in [0, 0.05) is 17.4 Å². The number of aryl methyl sites for hydroxylation is 2. The minimum absolute atomic E-state index is 0.714. The molecule has 0 aliphatic heterocycles. The molecule has 4 rings (SSSR count). The highest BCUT2D eigenvalue weighted by molar-refractivity contribution is 6.30. The normalized spacial score (nSPS) is 11.3. The van der Waals surface area contributed by atoms with Crippen LogP contribution in [0.2, 0.25) is 5.02 Å². The molecule has 0 saturated carbocycles. The van der Waals surface area contributed by atoms with Crippen LogP contribution in [0.25, 0.3) is 17.0 Å². The molecular formula is C19H17ClN4. The summed E-state index contributed by atoms with van der Waals surface area (Å²) in [6, 6.07) is 14.0. The van der Waals surface area contributed by atoms with Crippen molar-refractivity contribution in [3.05, 3.63) is 76.7 Å². The Labute approximate surface area is 145 Å². The van der Waals surface area contributed by atoms with Gasteiger partial charge in [-0.15, -0.1) is 0 Å². The summed E-state index contributed by atoms with van der Waals surface area (Å²) in [6.45, 7) is 4.82. The number of fused-ring (bicyclic) bond motifs is 1. The monoisotopic (exact) mass is 336 g/mol. The molecule has 1 aromatic carbocycles. The third-order valence-corrected chi connectivity index (χ3v) is 4.41. The molecule has 24 heavy (non-hydrogen) atoms. The quantitative estimate of drug-likeness (QED) is 0.551. The van der Waals surface area contributed by atoms with E-state index < -0.39 is 0 Å². The Kier molecular flexibility index (Phi) is 3.62. The molecule has 5 heteroatoms. The molecule has 0 saturated heterocycles. The largest absolute Gasteiger partial charge is 0.298 e. The number of aromatic nitrogens is 4. The fourth-order valence-corrected chi connectivity index (χ4v) is 3.10. The summed E-state index contributed by atoms with van der Waals surface area (Å²) in [5.41, 5.74) is 6.27. The second-order valence-corrected chi connectivity index (χ2v) is 6.39. The van der Waals surface area contributed by atoms with Gasteiger partial charge in [0.25, 0.3) is 0 Å². The van der Waals surface area contributed by atoms with Crippen LogP contribution in [0.15, 0.2) is 54.9 Å². The van der Waals surface area contributed by atoms with Gasteiger partial charge in [-0.2, -0.15) is 5.10 Å². The van der Waals surface area contributed by atoms with Gasteiger partial charge in [0.2, 0.25) is 0 Å². The van der Waals surface area contributed by atoms with Crippen LogP contribution in [0.1, 0.15) is 16.8 Å². The number of imidazole rings is 1. The SMILES string of the molecule is Cc1nc2c(C)cccn2c1-c1ccn(Cc2ccc(Cl)cc2)n1. The van der Waals surface area contributed by atoms with Crippen LogP contribution in [0.3, 0.4) is 0 Å². The molecule has 120 valence electrons. The van der Waals surface area contributed by atoms with E-state index in [1.165, 1.54) is 5.56 Å². The van der Waals surface area contributed by atoms with Crippen LogP contribution < -0.4 is 0 Å². The first-order valence-corrected chi connectivity index (χ1v) is 8.22. The smallest absolute Gasteiger partial charge is 0.140 e. The Morgan fingerprint density at radius 2 is 1.79 bits per heavy atom. The van der Waals surface area contributed by atoms with Crippen molar-refractivity contribution in [1.29, 1.82) is 0 Å². The third kappa shape index (κ3) is 2.59. The number of hydrogen-bond acceptors (Lipinski definition) is 2. The van der Waals surface area contributed by atoms with Crippen molar-refractivity contribution >= 4 is 17.2 Å². The Hall–Kier alpha value is -2.59. The fourth-order valence-electron chi connectivity index (χ4n) is 2.98. The van der Waals surface area contributed by atoms with E-state index in [9.17, 15) is 0 Å². The topological polar surface area (TPSA) is 35.1 Å². The maximum Gasteiger partial charge on any atom is 0.140 e. The van der Waals surface area contributed by atoms with Gasteiger partial charge in [0.15, 0.2) is 0 Å². The summed E-state index contributed by atoms with van der Waals surface area (Å²) < 4.78 is 4.05. The van der Waals surface area contributed by atoms with Crippen molar-refractivity contribution in [2.24, 2.45) is 0 Å². The Morgan fingerprint density at radius 1 is 1.00 bits per heavy atom. The molecule has 0 radical (unpaired) electrons. The molecule has 4 nitrogen and oxygen atoms in total. The Balaban J connectivity index is 1.71. The molecule has 0 spiro atoms.